The summed E-state index contributed by atoms with van der Waals surface area (Å²) in [7, 11) is 0. The first-order valence-electron chi connectivity index (χ1n) is 11.2. The number of rotatable bonds is 6. The molecule has 1 unspecified atom stereocenters. The van der Waals surface area contributed by atoms with Crippen molar-refractivity contribution in [2.75, 3.05) is 26.3 Å². The van der Waals surface area contributed by atoms with E-state index in [9.17, 15) is 14.7 Å². The van der Waals surface area contributed by atoms with Crippen molar-refractivity contribution >= 4 is 5.78 Å². The number of ether oxygens (including phenoxy) is 1. The summed E-state index contributed by atoms with van der Waals surface area (Å²) in [5.41, 5.74) is 3.32. The molecule has 4 rings (SSSR count). The number of benzene rings is 2. The standard InChI is InChI=1S/C27H27N3O4/c1-20(31)25(30-19-28-17-26(32)27(30)33)16-23-8-4-21(5-9-23)2-3-22-6-10-24(11-7-22)18-29-12-14-34-15-13-29/h4-11,17,19,25,32H,12-16,18H2,1H3. The highest BCUT2D eigenvalue weighted by molar-refractivity contribution is 5.80. The number of aromatic nitrogens is 2. The third kappa shape index (κ3) is 5.98. The Labute approximate surface area is 198 Å². The van der Waals surface area contributed by atoms with Crippen LogP contribution in [0, 0.1) is 11.8 Å². The van der Waals surface area contributed by atoms with Gasteiger partial charge in [-0.1, -0.05) is 36.1 Å². The molecule has 174 valence electrons. The largest absolute Gasteiger partial charge is 0.502 e. The second-order valence-electron chi connectivity index (χ2n) is 8.35. The Morgan fingerprint density at radius 1 is 1.03 bits per heavy atom. The van der Waals surface area contributed by atoms with Gasteiger partial charge < -0.3 is 9.84 Å². The topological polar surface area (TPSA) is 84.7 Å². The number of Topliss-reactive ketones (excluding diaryl/α,β-unsaturated/α-hetero) is 1. The molecule has 2 heterocycles. The van der Waals surface area contributed by atoms with Crippen molar-refractivity contribution in [3.63, 3.8) is 0 Å². The van der Waals surface area contributed by atoms with Crippen molar-refractivity contribution in [1.29, 1.82) is 0 Å². The van der Waals surface area contributed by atoms with E-state index in [1.807, 2.05) is 36.4 Å². The van der Waals surface area contributed by atoms with Crippen LogP contribution in [0.3, 0.4) is 0 Å². The van der Waals surface area contributed by atoms with Crippen molar-refractivity contribution < 1.29 is 14.6 Å². The van der Waals surface area contributed by atoms with Crippen LogP contribution in [0.15, 0.2) is 65.8 Å². The van der Waals surface area contributed by atoms with E-state index in [2.05, 4.69) is 33.9 Å². The molecule has 1 saturated heterocycles. The second-order valence-corrected chi connectivity index (χ2v) is 8.35. The van der Waals surface area contributed by atoms with E-state index in [1.165, 1.54) is 23.4 Å². The molecule has 1 N–H and O–H groups in total. The number of hydrogen-bond donors (Lipinski definition) is 1. The van der Waals surface area contributed by atoms with Gasteiger partial charge in [0.25, 0.3) is 5.56 Å². The zero-order valence-corrected chi connectivity index (χ0v) is 19.1. The summed E-state index contributed by atoms with van der Waals surface area (Å²) in [6.07, 6.45) is 2.67. The molecule has 0 aliphatic carbocycles. The minimum absolute atomic E-state index is 0.185. The van der Waals surface area contributed by atoms with E-state index in [0.29, 0.717) is 6.42 Å². The summed E-state index contributed by atoms with van der Waals surface area (Å²) in [5.74, 6) is 5.70. The number of aromatic hydroxyl groups is 1. The van der Waals surface area contributed by atoms with Gasteiger partial charge in [-0.3, -0.25) is 19.1 Å². The predicted octanol–water partition coefficient (Wildman–Crippen LogP) is 2.55. The van der Waals surface area contributed by atoms with Gasteiger partial charge in [-0.2, -0.15) is 0 Å². The van der Waals surface area contributed by atoms with Crippen molar-refractivity contribution in [2.45, 2.75) is 25.9 Å². The van der Waals surface area contributed by atoms with Crippen LogP contribution < -0.4 is 5.56 Å². The molecular formula is C27H27N3O4. The lowest BCUT2D eigenvalue weighted by atomic mass is 10.0. The minimum Gasteiger partial charge on any atom is -0.502 e. The first-order chi connectivity index (χ1) is 16.5. The van der Waals surface area contributed by atoms with E-state index in [-0.39, 0.29) is 5.78 Å². The monoisotopic (exact) mass is 457 g/mol. The quantitative estimate of drug-likeness (QED) is 0.573. The molecule has 1 aliphatic rings. The van der Waals surface area contributed by atoms with Gasteiger partial charge in [0.1, 0.15) is 6.04 Å². The minimum atomic E-state index is -0.736. The number of carbonyl (C=O) groups excluding carboxylic acids is 1. The highest BCUT2D eigenvalue weighted by Gasteiger charge is 2.19. The molecule has 2 aromatic carbocycles. The lowest BCUT2D eigenvalue weighted by Gasteiger charge is -2.26. The Balaban J connectivity index is 1.40. The van der Waals surface area contributed by atoms with Gasteiger partial charge in [0.2, 0.25) is 0 Å². The zero-order chi connectivity index (χ0) is 23.9. The van der Waals surface area contributed by atoms with E-state index in [4.69, 9.17) is 4.74 Å². The van der Waals surface area contributed by atoms with Gasteiger partial charge in [0.15, 0.2) is 11.5 Å². The van der Waals surface area contributed by atoms with Gasteiger partial charge >= 0.3 is 0 Å². The molecule has 0 amide bonds. The Kier molecular flexibility index (Phi) is 7.53. The third-order valence-electron chi connectivity index (χ3n) is 5.84. The van der Waals surface area contributed by atoms with E-state index in [1.54, 1.807) is 0 Å². The molecule has 3 aromatic rings. The first kappa shape index (κ1) is 23.4. The fourth-order valence-corrected chi connectivity index (χ4v) is 3.88. The van der Waals surface area contributed by atoms with Crippen LogP contribution in [0.2, 0.25) is 0 Å². The molecule has 7 nitrogen and oxygen atoms in total. The summed E-state index contributed by atoms with van der Waals surface area (Å²) >= 11 is 0. The van der Waals surface area contributed by atoms with Gasteiger partial charge in [-0.05, 0) is 42.3 Å². The van der Waals surface area contributed by atoms with Crippen molar-refractivity contribution in [3.8, 4) is 17.6 Å². The average Bonchev–Trinajstić information content (AvgIpc) is 2.85. The van der Waals surface area contributed by atoms with Gasteiger partial charge in [0, 0.05) is 37.2 Å². The molecule has 0 radical (unpaired) electrons. The Bertz CT molecular complexity index is 1250. The summed E-state index contributed by atoms with van der Waals surface area (Å²) in [5, 5.41) is 9.65. The summed E-state index contributed by atoms with van der Waals surface area (Å²) in [6.45, 7) is 5.86. The summed E-state index contributed by atoms with van der Waals surface area (Å²) in [4.78, 5) is 30.6. The van der Waals surface area contributed by atoms with Crippen molar-refractivity contribution in [2.24, 2.45) is 0 Å². The average molecular weight is 458 g/mol. The molecule has 1 fully saturated rings. The molecule has 1 atom stereocenters. The molecule has 7 heteroatoms. The lowest BCUT2D eigenvalue weighted by Crippen LogP contribution is -2.35. The Morgan fingerprint density at radius 2 is 1.62 bits per heavy atom. The number of ketones is 1. The molecule has 0 saturated carbocycles. The van der Waals surface area contributed by atoms with Crippen LogP contribution in [0.25, 0.3) is 0 Å². The fraction of sp³-hybridized carbons (Fsp3) is 0.296. The molecule has 0 bridgehead atoms. The van der Waals surface area contributed by atoms with Gasteiger partial charge in [-0.15, -0.1) is 0 Å². The van der Waals surface area contributed by atoms with Crippen LogP contribution in [0.5, 0.6) is 5.75 Å². The molecule has 34 heavy (non-hydrogen) atoms. The number of morpholine rings is 1. The highest BCUT2D eigenvalue weighted by atomic mass is 16.5. The van der Waals surface area contributed by atoms with Crippen LogP contribution in [-0.2, 0) is 22.5 Å². The molecule has 0 spiro atoms. The van der Waals surface area contributed by atoms with E-state index in [0.717, 1.165) is 55.7 Å². The van der Waals surface area contributed by atoms with Crippen LogP contribution in [0.1, 0.15) is 35.2 Å². The maximum Gasteiger partial charge on any atom is 0.296 e. The molecule has 1 aliphatic heterocycles. The second kappa shape index (κ2) is 10.9. The van der Waals surface area contributed by atoms with Gasteiger partial charge in [-0.25, -0.2) is 4.98 Å². The maximum atomic E-state index is 12.2. The number of carbonyl (C=O) groups is 1. The van der Waals surface area contributed by atoms with Crippen molar-refractivity contribution in [1.82, 2.24) is 14.5 Å². The van der Waals surface area contributed by atoms with E-state index < -0.39 is 17.4 Å². The normalized spacial score (nSPS) is 14.7. The molecular weight excluding hydrogens is 430 g/mol. The molecule has 1 aromatic heterocycles. The number of nitrogens with zero attached hydrogens (tertiary/aromatic N) is 3. The Hall–Kier alpha value is -3.73. The van der Waals surface area contributed by atoms with E-state index >= 15 is 0 Å². The fourth-order valence-electron chi connectivity index (χ4n) is 3.88. The summed E-state index contributed by atoms with van der Waals surface area (Å²) < 4.78 is 6.57. The zero-order valence-electron chi connectivity index (χ0n) is 19.1. The maximum absolute atomic E-state index is 12.2. The van der Waals surface area contributed by atoms with Crippen LogP contribution in [-0.4, -0.2) is 51.6 Å². The third-order valence-corrected chi connectivity index (χ3v) is 5.84. The van der Waals surface area contributed by atoms with Crippen LogP contribution >= 0.6 is 0 Å². The van der Waals surface area contributed by atoms with Gasteiger partial charge in [0.05, 0.1) is 25.7 Å². The predicted molar refractivity (Wildman–Crippen MR) is 129 cm³/mol. The lowest BCUT2D eigenvalue weighted by molar-refractivity contribution is -0.120. The number of hydrogen-bond acceptors (Lipinski definition) is 6. The van der Waals surface area contributed by atoms with Crippen LogP contribution in [0.4, 0.5) is 0 Å². The van der Waals surface area contributed by atoms with Crippen molar-refractivity contribution in [3.05, 3.63) is 93.7 Å². The highest BCUT2D eigenvalue weighted by Crippen LogP contribution is 2.16. The summed E-state index contributed by atoms with van der Waals surface area (Å²) in [6, 6.07) is 15.2. The first-order valence-corrected chi connectivity index (χ1v) is 11.2. The smallest absolute Gasteiger partial charge is 0.296 e. The Morgan fingerprint density at radius 3 is 2.21 bits per heavy atom. The SMILES string of the molecule is CC(=O)C(Cc1ccc(C#Cc2ccc(CN3CCOCC3)cc2)cc1)n1cncc(O)c1=O.